The molecular weight excluding hydrogens is 354 g/mol. The van der Waals surface area contributed by atoms with Crippen LogP contribution in [0.2, 0.25) is 5.02 Å². The Kier molecular flexibility index (Phi) is 5.80. The van der Waals surface area contributed by atoms with Gasteiger partial charge in [0.05, 0.1) is 23.1 Å². The normalized spacial score (nSPS) is 23.0. The van der Waals surface area contributed by atoms with E-state index < -0.39 is 0 Å². The average molecular weight is 376 g/mol. The van der Waals surface area contributed by atoms with Crippen LogP contribution in [-0.2, 0) is 9.53 Å². The molecule has 0 aromatic heterocycles. The van der Waals surface area contributed by atoms with Gasteiger partial charge in [-0.2, -0.15) is 5.26 Å². The highest BCUT2D eigenvalue weighted by Gasteiger charge is 2.32. The number of piperazine rings is 1. The molecule has 0 aliphatic carbocycles. The number of nitrogens with zero attached hydrogens (tertiary/aromatic N) is 3. The van der Waals surface area contributed by atoms with Crippen LogP contribution in [0.4, 0.5) is 0 Å². The smallest absolute Gasteiger partial charge is 0.254 e. The van der Waals surface area contributed by atoms with Crippen LogP contribution in [0.15, 0.2) is 18.2 Å². The van der Waals surface area contributed by atoms with Crippen LogP contribution in [-0.4, -0.2) is 60.0 Å². The van der Waals surface area contributed by atoms with E-state index in [1.54, 1.807) is 17.0 Å². The first-order valence-electron chi connectivity index (χ1n) is 8.89. The second-order valence-corrected chi connectivity index (χ2v) is 7.24. The van der Waals surface area contributed by atoms with Crippen molar-refractivity contribution < 1.29 is 14.3 Å². The van der Waals surface area contributed by atoms with E-state index in [1.165, 1.54) is 6.07 Å². The highest BCUT2D eigenvalue weighted by molar-refractivity contribution is 6.32. The zero-order chi connectivity index (χ0) is 18.7. The number of halogens is 1. The average Bonchev–Trinajstić information content (AvgIpc) is 3.13. The first-order valence-corrected chi connectivity index (χ1v) is 9.27. The highest BCUT2D eigenvalue weighted by Crippen LogP contribution is 2.21. The molecule has 0 radical (unpaired) electrons. The van der Waals surface area contributed by atoms with Gasteiger partial charge in [0.15, 0.2) is 0 Å². The van der Waals surface area contributed by atoms with Gasteiger partial charge < -0.3 is 14.5 Å². The number of ether oxygens (including phenoxy) is 1. The minimum Gasteiger partial charge on any atom is -0.378 e. The second-order valence-electron chi connectivity index (χ2n) is 6.83. The van der Waals surface area contributed by atoms with Gasteiger partial charge in [0, 0.05) is 37.8 Å². The molecule has 0 bridgehead atoms. The van der Waals surface area contributed by atoms with Crippen LogP contribution in [0.5, 0.6) is 0 Å². The summed E-state index contributed by atoms with van der Waals surface area (Å²) in [5.74, 6) is -0.0348. The third-order valence-corrected chi connectivity index (χ3v) is 5.31. The fraction of sp³-hybridized carbons (Fsp3) is 0.526. The molecule has 3 rings (SSSR count). The van der Waals surface area contributed by atoms with E-state index in [2.05, 4.69) is 0 Å². The van der Waals surface area contributed by atoms with Gasteiger partial charge in [0.1, 0.15) is 6.07 Å². The standard InChI is InChI=1S/C19H22ClN3O3/c1-13-12-22(19(25)14-4-5-15(11-21)17(20)9-14)6-7-23(13)18(24)10-16-3-2-8-26-16/h4-5,9,13,16H,2-3,6-8,10,12H2,1H3/t13?,16-/m0/s1. The van der Waals surface area contributed by atoms with E-state index in [9.17, 15) is 9.59 Å². The van der Waals surface area contributed by atoms with Crippen LogP contribution in [0.1, 0.15) is 42.1 Å². The Morgan fingerprint density at radius 1 is 1.38 bits per heavy atom. The molecule has 1 aromatic carbocycles. The lowest BCUT2D eigenvalue weighted by Crippen LogP contribution is -2.55. The zero-order valence-electron chi connectivity index (χ0n) is 14.8. The third-order valence-electron chi connectivity index (χ3n) is 5.00. The van der Waals surface area contributed by atoms with E-state index in [0.717, 1.165) is 19.4 Å². The van der Waals surface area contributed by atoms with Crippen LogP contribution in [0.25, 0.3) is 0 Å². The van der Waals surface area contributed by atoms with Crippen molar-refractivity contribution >= 4 is 23.4 Å². The van der Waals surface area contributed by atoms with Crippen molar-refractivity contribution in [2.75, 3.05) is 26.2 Å². The van der Waals surface area contributed by atoms with E-state index in [-0.39, 0.29) is 29.0 Å². The predicted octanol–water partition coefficient (Wildman–Crippen LogP) is 2.45. The number of amides is 2. The van der Waals surface area contributed by atoms with Crippen molar-refractivity contribution in [1.29, 1.82) is 5.26 Å². The molecule has 2 amide bonds. The molecule has 26 heavy (non-hydrogen) atoms. The molecule has 6 nitrogen and oxygen atoms in total. The van der Waals surface area contributed by atoms with Gasteiger partial charge in [-0.1, -0.05) is 11.6 Å². The Morgan fingerprint density at radius 2 is 2.19 bits per heavy atom. The minimum absolute atomic E-state index is 0.0372. The molecule has 2 saturated heterocycles. The van der Waals surface area contributed by atoms with Gasteiger partial charge in [-0.25, -0.2) is 0 Å². The molecule has 2 heterocycles. The summed E-state index contributed by atoms with van der Waals surface area (Å²) in [5, 5.41) is 9.21. The molecule has 2 aliphatic rings. The van der Waals surface area contributed by atoms with Crippen molar-refractivity contribution in [3.8, 4) is 6.07 Å². The fourth-order valence-electron chi connectivity index (χ4n) is 3.55. The summed E-state index contributed by atoms with van der Waals surface area (Å²) in [5.41, 5.74) is 0.807. The maximum absolute atomic E-state index is 12.7. The second kappa shape index (κ2) is 8.07. The molecule has 7 heteroatoms. The molecule has 1 unspecified atom stereocenters. The minimum atomic E-state index is -0.130. The van der Waals surface area contributed by atoms with Gasteiger partial charge in [-0.05, 0) is 38.0 Å². The van der Waals surface area contributed by atoms with E-state index in [0.29, 0.717) is 37.2 Å². The molecule has 138 valence electrons. The van der Waals surface area contributed by atoms with Crippen LogP contribution in [0.3, 0.4) is 0 Å². The predicted molar refractivity (Wildman–Crippen MR) is 96.8 cm³/mol. The van der Waals surface area contributed by atoms with Gasteiger partial charge in [-0.15, -0.1) is 0 Å². The Morgan fingerprint density at radius 3 is 2.81 bits per heavy atom. The number of carbonyl (C=O) groups excluding carboxylic acids is 2. The summed E-state index contributed by atoms with van der Waals surface area (Å²) < 4.78 is 5.55. The lowest BCUT2D eigenvalue weighted by Gasteiger charge is -2.40. The molecular formula is C19H22ClN3O3. The maximum Gasteiger partial charge on any atom is 0.254 e. The lowest BCUT2D eigenvalue weighted by atomic mass is 10.1. The maximum atomic E-state index is 12.7. The number of hydrogen-bond acceptors (Lipinski definition) is 4. The summed E-state index contributed by atoms with van der Waals surface area (Å²) in [7, 11) is 0. The van der Waals surface area contributed by atoms with Crippen molar-refractivity contribution in [1.82, 2.24) is 9.80 Å². The van der Waals surface area contributed by atoms with Gasteiger partial charge in [0.25, 0.3) is 5.91 Å². The van der Waals surface area contributed by atoms with Gasteiger partial charge >= 0.3 is 0 Å². The summed E-state index contributed by atoms with van der Waals surface area (Å²) in [6, 6.07) is 6.64. The zero-order valence-corrected chi connectivity index (χ0v) is 15.5. The number of benzene rings is 1. The largest absolute Gasteiger partial charge is 0.378 e. The monoisotopic (exact) mass is 375 g/mol. The summed E-state index contributed by atoms with van der Waals surface area (Å²) in [6.07, 6.45) is 2.42. The molecule has 1 aromatic rings. The van der Waals surface area contributed by atoms with E-state index >= 15 is 0 Å². The molecule has 0 saturated carbocycles. The van der Waals surface area contributed by atoms with Gasteiger partial charge in [-0.3, -0.25) is 9.59 Å². The number of hydrogen-bond donors (Lipinski definition) is 0. The Balaban J connectivity index is 1.60. The van der Waals surface area contributed by atoms with E-state index in [1.807, 2.05) is 17.9 Å². The first kappa shape index (κ1) is 18.7. The topological polar surface area (TPSA) is 73.6 Å². The van der Waals surface area contributed by atoms with Crippen molar-refractivity contribution in [3.05, 3.63) is 34.3 Å². The Bertz CT molecular complexity index is 740. The number of nitriles is 1. The van der Waals surface area contributed by atoms with Crippen LogP contribution in [0, 0.1) is 11.3 Å². The van der Waals surface area contributed by atoms with Crippen LogP contribution >= 0.6 is 11.6 Å². The van der Waals surface area contributed by atoms with E-state index in [4.69, 9.17) is 21.6 Å². The SMILES string of the molecule is CC1CN(C(=O)c2ccc(C#N)c(Cl)c2)CCN1C(=O)C[C@@H]1CCCO1. The number of carbonyl (C=O) groups is 2. The summed E-state index contributed by atoms with van der Waals surface area (Å²) in [4.78, 5) is 28.8. The van der Waals surface area contributed by atoms with Crippen LogP contribution < -0.4 is 0 Å². The Hall–Kier alpha value is -2.10. The van der Waals surface area contributed by atoms with Gasteiger partial charge in [0.2, 0.25) is 5.91 Å². The quantitative estimate of drug-likeness (QED) is 0.813. The fourth-order valence-corrected chi connectivity index (χ4v) is 3.77. The van der Waals surface area contributed by atoms with Crippen molar-refractivity contribution in [2.45, 2.75) is 38.3 Å². The first-order chi connectivity index (χ1) is 12.5. The van der Waals surface area contributed by atoms with Crippen molar-refractivity contribution in [3.63, 3.8) is 0 Å². The number of rotatable bonds is 3. The lowest BCUT2D eigenvalue weighted by molar-refractivity contribution is -0.137. The molecule has 0 N–H and O–H groups in total. The molecule has 2 atom stereocenters. The Labute approximate surface area is 158 Å². The molecule has 0 spiro atoms. The molecule has 2 fully saturated rings. The molecule has 2 aliphatic heterocycles. The summed E-state index contributed by atoms with van der Waals surface area (Å²) in [6.45, 7) is 4.18. The summed E-state index contributed by atoms with van der Waals surface area (Å²) >= 11 is 6.03. The third kappa shape index (κ3) is 4.00. The highest BCUT2D eigenvalue weighted by atomic mass is 35.5. The van der Waals surface area contributed by atoms with Crippen molar-refractivity contribution in [2.24, 2.45) is 0 Å².